The lowest BCUT2D eigenvalue weighted by atomic mass is 9.73. The van der Waals surface area contributed by atoms with Gasteiger partial charge in [0.15, 0.2) is 0 Å². The lowest BCUT2D eigenvalue weighted by molar-refractivity contribution is -0.173. The Labute approximate surface area is 175 Å². The van der Waals surface area contributed by atoms with Crippen molar-refractivity contribution in [1.82, 2.24) is 20.0 Å². The number of fused-ring (bicyclic) bond motifs is 1. The van der Waals surface area contributed by atoms with E-state index in [0.29, 0.717) is 17.0 Å². The van der Waals surface area contributed by atoms with Crippen molar-refractivity contribution < 1.29 is 27.2 Å². The summed E-state index contributed by atoms with van der Waals surface area (Å²) >= 11 is 0. The molecule has 4 rings (SSSR count). The number of amides is 3. The van der Waals surface area contributed by atoms with Crippen LogP contribution in [-0.2, 0) is 13.1 Å². The van der Waals surface area contributed by atoms with Crippen molar-refractivity contribution in [1.29, 1.82) is 0 Å². The highest BCUT2D eigenvalue weighted by atomic mass is 19.3. The van der Waals surface area contributed by atoms with Crippen LogP contribution in [0.1, 0.15) is 34.5 Å². The topological polar surface area (TPSA) is 93.2 Å². The van der Waals surface area contributed by atoms with Crippen LogP contribution in [0.15, 0.2) is 24.3 Å². The summed E-state index contributed by atoms with van der Waals surface area (Å²) in [5, 5.41) is 6.56. The Morgan fingerprint density at radius 1 is 1.23 bits per heavy atom. The van der Waals surface area contributed by atoms with Crippen LogP contribution in [0.25, 0.3) is 11.3 Å². The van der Waals surface area contributed by atoms with Gasteiger partial charge in [0, 0.05) is 24.9 Å². The lowest BCUT2D eigenvalue weighted by Crippen LogP contribution is -2.68. The number of rotatable bonds is 4. The van der Waals surface area contributed by atoms with Crippen molar-refractivity contribution in [2.75, 3.05) is 6.54 Å². The number of hydrogen-bond donors (Lipinski definition) is 2. The molecule has 11 heteroatoms. The zero-order valence-corrected chi connectivity index (χ0v) is 16.7. The first kappa shape index (κ1) is 21.1. The SMILES string of the molecule is Cc1cccc(-c2nn3c(c2C(N)=O)CN(C(=O)NC2(C(F)F)CC(F)(F)C2)CC3)c1. The van der Waals surface area contributed by atoms with Crippen LogP contribution in [0.2, 0.25) is 0 Å². The van der Waals surface area contributed by atoms with Crippen LogP contribution in [0.4, 0.5) is 22.4 Å². The Hall–Kier alpha value is -3.11. The summed E-state index contributed by atoms with van der Waals surface area (Å²) in [5.74, 6) is -3.96. The standard InChI is InChI=1S/C20H21F4N5O2/c1-11-3-2-4-12(7-11)15-14(16(25)30)13-8-28(5-6-29(13)27-15)18(31)26-19(17(21)22)9-20(23,24)10-19/h2-4,7,17H,5-6,8-10H2,1H3,(H2,25,30)(H,26,31). The zero-order valence-electron chi connectivity index (χ0n) is 16.7. The molecule has 0 spiro atoms. The molecule has 2 heterocycles. The monoisotopic (exact) mass is 439 g/mol. The first-order valence-corrected chi connectivity index (χ1v) is 9.71. The number of primary amides is 1. The second-order valence-electron chi connectivity index (χ2n) is 8.15. The highest BCUT2D eigenvalue weighted by molar-refractivity contribution is 6.00. The van der Waals surface area contributed by atoms with Crippen molar-refractivity contribution in [3.63, 3.8) is 0 Å². The van der Waals surface area contributed by atoms with Gasteiger partial charge in [0.25, 0.3) is 18.3 Å². The average molecular weight is 439 g/mol. The van der Waals surface area contributed by atoms with Gasteiger partial charge in [-0.25, -0.2) is 22.4 Å². The zero-order chi connectivity index (χ0) is 22.6. The van der Waals surface area contributed by atoms with E-state index in [9.17, 15) is 27.2 Å². The molecule has 3 N–H and O–H groups in total. The van der Waals surface area contributed by atoms with Crippen LogP contribution in [0.5, 0.6) is 0 Å². The molecule has 1 saturated carbocycles. The first-order chi connectivity index (χ1) is 14.5. The van der Waals surface area contributed by atoms with Gasteiger partial charge in [-0.05, 0) is 13.0 Å². The number of aromatic nitrogens is 2. The minimum absolute atomic E-state index is 0.112. The Balaban J connectivity index is 1.60. The van der Waals surface area contributed by atoms with Crippen molar-refractivity contribution in [3.05, 3.63) is 41.1 Å². The third-order valence-corrected chi connectivity index (χ3v) is 5.73. The largest absolute Gasteiger partial charge is 0.365 e. The number of hydrogen-bond acceptors (Lipinski definition) is 3. The summed E-state index contributed by atoms with van der Waals surface area (Å²) in [6, 6.07) is 6.43. The van der Waals surface area contributed by atoms with E-state index in [-0.39, 0.29) is 25.2 Å². The molecule has 1 aromatic carbocycles. The highest BCUT2D eigenvalue weighted by Crippen LogP contribution is 2.48. The molecule has 31 heavy (non-hydrogen) atoms. The van der Waals surface area contributed by atoms with Crippen LogP contribution in [-0.4, -0.2) is 51.1 Å². The molecule has 2 aromatic rings. The molecular weight excluding hydrogens is 418 g/mol. The molecule has 3 amide bonds. The summed E-state index contributed by atoms with van der Waals surface area (Å²) in [4.78, 5) is 26.0. The van der Waals surface area contributed by atoms with Gasteiger partial charge in [0.2, 0.25) is 0 Å². The van der Waals surface area contributed by atoms with E-state index in [2.05, 4.69) is 10.4 Å². The number of carbonyl (C=O) groups is 2. The van der Waals surface area contributed by atoms with Gasteiger partial charge in [-0.3, -0.25) is 9.48 Å². The average Bonchev–Trinajstić information content (AvgIpc) is 3.05. The fourth-order valence-corrected chi connectivity index (χ4v) is 4.20. The second-order valence-corrected chi connectivity index (χ2v) is 8.15. The molecule has 7 nitrogen and oxygen atoms in total. The molecule has 1 aliphatic carbocycles. The molecule has 1 aliphatic heterocycles. The number of aryl methyl sites for hydroxylation is 1. The fourth-order valence-electron chi connectivity index (χ4n) is 4.20. The normalized spacial score (nSPS) is 19.0. The molecule has 0 unspecified atom stereocenters. The Morgan fingerprint density at radius 3 is 2.52 bits per heavy atom. The predicted molar refractivity (Wildman–Crippen MR) is 103 cm³/mol. The number of benzene rings is 1. The highest BCUT2D eigenvalue weighted by Gasteiger charge is 2.62. The van der Waals surface area contributed by atoms with E-state index < -0.39 is 42.7 Å². The second kappa shape index (κ2) is 7.24. The molecule has 0 bridgehead atoms. The number of halogens is 4. The van der Waals surface area contributed by atoms with E-state index in [1.165, 1.54) is 4.90 Å². The van der Waals surface area contributed by atoms with Gasteiger partial charge >= 0.3 is 6.03 Å². The van der Waals surface area contributed by atoms with E-state index in [4.69, 9.17) is 5.73 Å². The van der Waals surface area contributed by atoms with Crippen molar-refractivity contribution >= 4 is 11.9 Å². The van der Waals surface area contributed by atoms with Crippen molar-refractivity contribution in [2.24, 2.45) is 5.73 Å². The molecule has 2 aliphatic rings. The summed E-state index contributed by atoms with van der Waals surface area (Å²) in [7, 11) is 0. The number of nitrogens with zero attached hydrogens (tertiary/aromatic N) is 3. The van der Waals surface area contributed by atoms with E-state index >= 15 is 0 Å². The quantitative estimate of drug-likeness (QED) is 0.718. The summed E-state index contributed by atoms with van der Waals surface area (Å²) in [6.07, 6.45) is -5.35. The minimum Gasteiger partial charge on any atom is -0.365 e. The smallest absolute Gasteiger partial charge is 0.318 e. The van der Waals surface area contributed by atoms with Gasteiger partial charge < -0.3 is 16.0 Å². The van der Waals surface area contributed by atoms with Crippen molar-refractivity contribution in [3.8, 4) is 11.3 Å². The van der Waals surface area contributed by atoms with Crippen LogP contribution in [0, 0.1) is 6.92 Å². The van der Waals surface area contributed by atoms with Gasteiger partial charge in [0.05, 0.1) is 24.3 Å². The van der Waals surface area contributed by atoms with Gasteiger partial charge in [-0.15, -0.1) is 0 Å². The van der Waals surface area contributed by atoms with E-state index in [1.807, 2.05) is 25.1 Å². The van der Waals surface area contributed by atoms with E-state index in [1.54, 1.807) is 10.7 Å². The van der Waals surface area contributed by atoms with Gasteiger partial charge in [-0.1, -0.05) is 23.8 Å². The maximum absolute atomic E-state index is 13.4. The molecule has 1 aromatic heterocycles. The van der Waals surface area contributed by atoms with Crippen molar-refractivity contribution in [2.45, 2.75) is 50.7 Å². The molecule has 0 radical (unpaired) electrons. The Kier molecular flexibility index (Phi) is 4.94. The van der Waals surface area contributed by atoms with E-state index in [0.717, 1.165) is 5.56 Å². The third kappa shape index (κ3) is 3.72. The fraction of sp³-hybridized carbons (Fsp3) is 0.450. The number of nitrogens with one attached hydrogen (secondary N) is 1. The van der Waals surface area contributed by atoms with Crippen LogP contribution >= 0.6 is 0 Å². The maximum atomic E-state index is 13.4. The molecule has 166 valence electrons. The molecular formula is C20H21F4N5O2. The number of urea groups is 1. The third-order valence-electron chi connectivity index (χ3n) is 5.73. The number of carbonyl (C=O) groups excluding carboxylic acids is 2. The Morgan fingerprint density at radius 2 is 1.94 bits per heavy atom. The minimum atomic E-state index is -3.23. The summed E-state index contributed by atoms with van der Waals surface area (Å²) in [5.41, 5.74) is 5.85. The van der Waals surface area contributed by atoms with Gasteiger partial charge in [-0.2, -0.15) is 5.10 Å². The summed E-state index contributed by atoms with van der Waals surface area (Å²) in [6.45, 7) is 2.09. The Bertz CT molecular complexity index is 1040. The number of alkyl halides is 4. The summed E-state index contributed by atoms with van der Waals surface area (Å²) < 4.78 is 54.9. The molecule has 1 fully saturated rings. The van der Waals surface area contributed by atoms with Crippen LogP contribution < -0.4 is 11.1 Å². The molecule has 0 atom stereocenters. The lowest BCUT2D eigenvalue weighted by Gasteiger charge is -2.47. The van der Waals surface area contributed by atoms with Gasteiger partial charge in [0.1, 0.15) is 11.2 Å². The number of nitrogens with two attached hydrogens (primary N) is 1. The first-order valence-electron chi connectivity index (χ1n) is 9.71. The van der Waals surface area contributed by atoms with Crippen LogP contribution in [0.3, 0.4) is 0 Å². The molecule has 0 saturated heterocycles. The predicted octanol–water partition coefficient (Wildman–Crippen LogP) is 2.92. The maximum Gasteiger partial charge on any atom is 0.318 e.